The zero-order valence-electron chi connectivity index (χ0n) is 12.7. The van der Waals surface area contributed by atoms with Gasteiger partial charge in [0.15, 0.2) is 0 Å². The molecule has 0 heterocycles. The Hall–Kier alpha value is -0.420. The third-order valence-electron chi connectivity index (χ3n) is 2.85. The molecule has 1 saturated carbocycles. The van der Waals surface area contributed by atoms with Crippen molar-refractivity contribution in [3.63, 3.8) is 0 Å². The zero-order valence-corrected chi connectivity index (χ0v) is 13.5. The Bertz CT molecular complexity index is 275. The minimum Gasteiger partial charge on any atom is -0.444 e. The predicted molar refractivity (Wildman–Crippen MR) is 81.8 cm³/mol. The number of carbonyl (C=O) groups excluding carboxylic acids is 1. The molecule has 1 aliphatic carbocycles. The van der Waals surface area contributed by atoms with E-state index in [0.717, 1.165) is 32.5 Å². The van der Waals surface area contributed by atoms with E-state index in [0.29, 0.717) is 6.04 Å². The fraction of sp³-hybridized carbons (Fsp3) is 0.929. The van der Waals surface area contributed by atoms with Crippen LogP contribution in [0.1, 0.15) is 40.0 Å². The highest BCUT2D eigenvalue weighted by Crippen LogP contribution is 2.27. The van der Waals surface area contributed by atoms with E-state index < -0.39 is 5.60 Å². The van der Waals surface area contributed by atoms with E-state index >= 15 is 0 Å². The molecule has 0 aromatic rings. The Labute approximate surface area is 121 Å². The molecule has 0 aliphatic heterocycles. The number of hydrogen-bond acceptors (Lipinski definition) is 4. The van der Waals surface area contributed by atoms with Crippen molar-refractivity contribution in [2.24, 2.45) is 0 Å². The largest absolute Gasteiger partial charge is 0.444 e. The number of amides is 1. The van der Waals surface area contributed by atoms with Gasteiger partial charge < -0.3 is 15.0 Å². The molecule has 0 aromatic heterocycles. The van der Waals surface area contributed by atoms with Crippen LogP contribution in [0.2, 0.25) is 0 Å². The maximum Gasteiger partial charge on any atom is 0.410 e. The van der Waals surface area contributed by atoms with Crippen molar-refractivity contribution < 1.29 is 9.53 Å². The maximum atomic E-state index is 12.1. The third-order valence-corrected chi connectivity index (χ3v) is 3.54. The molecule has 0 radical (unpaired) electrons. The lowest BCUT2D eigenvalue weighted by molar-refractivity contribution is 0.0236. The number of hydrogen-bond donors (Lipinski definition) is 1. The number of rotatable bonds is 8. The van der Waals surface area contributed by atoms with Crippen molar-refractivity contribution in [3.05, 3.63) is 0 Å². The van der Waals surface area contributed by atoms with Gasteiger partial charge in [0.1, 0.15) is 5.60 Å². The summed E-state index contributed by atoms with van der Waals surface area (Å²) >= 11 is 1.87. The lowest BCUT2D eigenvalue weighted by atomic mass is 10.2. The molecule has 5 heteroatoms. The van der Waals surface area contributed by atoms with E-state index in [1.807, 2.05) is 37.4 Å². The minimum atomic E-state index is -0.407. The quantitative estimate of drug-likeness (QED) is 0.697. The second kappa shape index (κ2) is 8.00. The van der Waals surface area contributed by atoms with Gasteiger partial charge in [0.2, 0.25) is 0 Å². The Kier molecular flexibility index (Phi) is 7.00. The molecule has 0 spiro atoms. The average molecular weight is 288 g/mol. The molecule has 1 fully saturated rings. The SMILES string of the molecule is CSCCCNCCN(C(=O)OC(C)(C)C)C1CC1. The second-order valence-electron chi connectivity index (χ2n) is 6.00. The summed E-state index contributed by atoms with van der Waals surface area (Å²) in [6, 6.07) is 0.405. The van der Waals surface area contributed by atoms with E-state index in [1.54, 1.807) is 0 Å². The Morgan fingerprint density at radius 1 is 1.37 bits per heavy atom. The van der Waals surface area contributed by atoms with Crippen LogP contribution in [0, 0.1) is 0 Å². The summed E-state index contributed by atoms with van der Waals surface area (Å²) in [5.41, 5.74) is -0.407. The molecule has 19 heavy (non-hydrogen) atoms. The van der Waals surface area contributed by atoms with Gasteiger partial charge in [-0.3, -0.25) is 0 Å². The van der Waals surface area contributed by atoms with Gasteiger partial charge in [-0.2, -0.15) is 11.8 Å². The number of nitrogens with one attached hydrogen (secondary N) is 1. The Morgan fingerprint density at radius 3 is 2.58 bits per heavy atom. The Morgan fingerprint density at radius 2 is 2.05 bits per heavy atom. The van der Waals surface area contributed by atoms with Crippen molar-refractivity contribution in [3.8, 4) is 0 Å². The zero-order chi connectivity index (χ0) is 14.3. The van der Waals surface area contributed by atoms with Gasteiger partial charge in [-0.25, -0.2) is 4.79 Å². The van der Waals surface area contributed by atoms with Gasteiger partial charge in [-0.1, -0.05) is 0 Å². The van der Waals surface area contributed by atoms with Crippen LogP contribution in [0.25, 0.3) is 0 Å². The molecule has 112 valence electrons. The van der Waals surface area contributed by atoms with Crippen molar-refractivity contribution >= 4 is 17.9 Å². The van der Waals surface area contributed by atoms with Crippen LogP contribution < -0.4 is 5.32 Å². The van der Waals surface area contributed by atoms with Crippen LogP contribution in [0.4, 0.5) is 4.79 Å². The molecular weight excluding hydrogens is 260 g/mol. The van der Waals surface area contributed by atoms with Crippen molar-refractivity contribution in [2.45, 2.75) is 51.7 Å². The van der Waals surface area contributed by atoms with Crippen LogP contribution >= 0.6 is 11.8 Å². The van der Waals surface area contributed by atoms with Crippen LogP contribution in [-0.2, 0) is 4.74 Å². The highest BCUT2D eigenvalue weighted by atomic mass is 32.2. The topological polar surface area (TPSA) is 41.6 Å². The van der Waals surface area contributed by atoms with E-state index in [1.165, 1.54) is 12.2 Å². The first-order valence-electron chi connectivity index (χ1n) is 7.13. The summed E-state index contributed by atoms with van der Waals surface area (Å²) in [7, 11) is 0. The summed E-state index contributed by atoms with van der Waals surface area (Å²) in [6.45, 7) is 8.36. The van der Waals surface area contributed by atoms with Gasteiger partial charge in [-0.05, 0) is 58.6 Å². The van der Waals surface area contributed by atoms with Crippen molar-refractivity contribution in [2.75, 3.05) is 31.6 Å². The van der Waals surface area contributed by atoms with E-state index in [2.05, 4.69) is 11.6 Å². The predicted octanol–water partition coefficient (Wildman–Crippen LogP) is 2.73. The fourth-order valence-corrected chi connectivity index (χ4v) is 2.23. The van der Waals surface area contributed by atoms with Gasteiger partial charge in [0.05, 0.1) is 0 Å². The van der Waals surface area contributed by atoms with Crippen LogP contribution in [0.15, 0.2) is 0 Å². The maximum absolute atomic E-state index is 12.1. The number of carbonyl (C=O) groups is 1. The standard InChI is InChI=1S/C14H28N2O2S/c1-14(2,3)18-13(17)16(12-6-7-12)10-9-15-8-5-11-19-4/h12,15H,5-11H2,1-4H3. The highest BCUT2D eigenvalue weighted by Gasteiger charge is 2.34. The molecule has 0 atom stereocenters. The third kappa shape index (κ3) is 7.67. The molecule has 1 N–H and O–H groups in total. The molecular formula is C14H28N2O2S. The van der Waals surface area contributed by atoms with Crippen LogP contribution in [0.5, 0.6) is 0 Å². The van der Waals surface area contributed by atoms with Crippen LogP contribution in [0.3, 0.4) is 0 Å². The number of nitrogens with zero attached hydrogens (tertiary/aromatic N) is 1. The molecule has 0 aromatic carbocycles. The van der Waals surface area contributed by atoms with Gasteiger partial charge in [0.25, 0.3) is 0 Å². The van der Waals surface area contributed by atoms with E-state index in [-0.39, 0.29) is 6.09 Å². The van der Waals surface area contributed by atoms with Crippen molar-refractivity contribution in [1.82, 2.24) is 10.2 Å². The second-order valence-corrected chi connectivity index (χ2v) is 6.99. The monoisotopic (exact) mass is 288 g/mol. The number of thioether (sulfide) groups is 1. The van der Waals surface area contributed by atoms with Gasteiger partial charge in [-0.15, -0.1) is 0 Å². The number of ether oxygens (including phenoxy) is 1. The summed E-state index contributed by atoms with van der Waals surface area (Å²) in [5, 5.41) is 3.39. The lowest BCUT2D eigenvalue weighted by Gasteiger charge is -2.27. The fourth-order valence-electron chi connectivity index (χ4n) is 1.80. The normalized spacial score (nSPS) is 15.4. The average Bonchev–Trinajstić information content (AvgIpc) is 3.09. The molecule has 1 aliphatic rings. The molecule has 0 bridgehead atoms. The summed E-state index contributed by atoms with van der Waals surface area (Å²) in [5.74, 6) is 1.19. The molecule has 1 rings (SSSR count). The molecule has 0 unspecified atom stereocenters. The minimum absolute atomic E-state index is 0.166. The molecule has 0 saturated heterocycles. The summed E-state index contributed by atoms with van der Waals surface area (Å²) in [6.07, 6.45) is 5.37. The molecule has 4 nitrogen and oxygen atoms in total. The van der Waals surface area contributed by atoms with E-state index in [9.17, 15) is 4.79 Å². The van der Waals surface area contributed by atoms with Crippen molar-refractivity contribution in [1.29, 1.82) is 0 Å². The smallest absolute Gasteiger partial charge is 0.410 e. The summed E-state index contributed by atoms with van der Waals surface area (Å²) in [4.78, 5) is 14.0. The first-order valence-corrected chi connectivity index (χ1v) is 8.52. The first-order chi connectivity index (χ1) is 8.94. The summed E-state index contributed by atoms with van der Waals surface area (Å²) < 4.78 is 5.45. The van der Waals surface area contributed by atoms with Crippen LogP contribution in [-0.4, -0.2) is 54.3 Å². The van der Waals surface area contributed by atoms with Gasteiger partial charge >= 0.3 is 6.09 Å². The van der Waals surface area contributed by atoms with E-state index in [4.69, 9.17) is 4.74 Å². The molecule has 1 amide bonds. The first kappa shape index (κ1) is 16.6. The lowest BCUT2D eigenvalue weighted by Crippen LogP contribution is -2.41. The van der Waals surface area contributed by atoms with Gasteiger partial charge in [0, 0.05) is 19.1 Å². The Balaban J connectivity index is 2.23. The highest BCUT2D eigenvalue weighted by molar-refractivity contribution is 7.98.